The molecule has 0 saturated heterocycles. The van der Waals surface area contributed by atoms with Crippen molar-refractivity contribution in [1.29, 1.82) is 0 Å². The summed E-state index contributed by atoms with van der Waals surface area (Å²) in [7, 11) is 0. The molecule has 16 heavy (non-hydrogen) atoms. The Labute approximate surface area is 95.7 Å². The predicted octanol–water partition coefficient (Wildman–Crippen LogP) is 3.10. The molecule has 1 heteroatoms. The maximum atomic E-state index is 11.3. The van der Waals surface area contributed by atoms with E-state index < -0.39 is 5.41 Å². The van der Waals surface area contributed by atoms with E-state index in [9.17, 15) is 4.79 Å². The fraction of sp³-hybridized carbons (Fsp3) is 0.133. The molecule has 0 saturated carbocycles. The van der Waals surface area contributed by atoms with Gasteiger partial charge < -0.3 is 0 Å². The minimum Gasteiger partial charge on any atom is -0.289 e. The number of hydrogen-bond donors (Lipinski definition) is 0. The number of carbonyl (C=O) groups excluding carboxylic acids is 1. The van der Waals surface area contributed by atoms with Crippen LogP contribution in [0.5, 0.6) is 0 Å². The molecule has 0 aromatic heterocycles. The predicted molar refractivity (Wildman–Crippen MR) is 65.0 cm³/mol. The van der Waals surface area contributed by atoms with Gasteiger partial charge in [-0.15, -0.1) is 0 Å². The summed E-state index contributed by atoms with van der Waals surface area (Å²) in [5.41, 5.74) is 1.26. The standard InChI is InChI=1S/C15H13O/c1-15(12-16,13-8-4-2-5-9-13)14-10-6-3-7-11-14/h2-11H,1H3. The molecule has 1 nitrogen and oxygen atoms in total. The minimum absolute atomic E-state index is 0.678. The lowest BCUT2D eigenvalue weighted by molar-refractivity contribution is 0.526. The molecule has 0 aliphatic carbocycles. The second-order valence-corrected chi connectivity index (χ2v) is 3.96. The summed E-state index contributed by atoms with van der Waals surface area (Å²) in [6.45, 7) is 1.89. The van der Waals surface area contributed by atoms with E-state index in [1.54, 1.807) is 0 Å². The van der Waals surface area contributed by atoms with E-state index >= 15 is 0 Å². The average molecular weight is 209 g/mol. The third-order valence-corrected chi connectivity index (χ3v) is 2.91. The fourth-order valence-electron chi connectivity index (χ4n) is 1.83. The molecule has 1 radical (unpaired) electrons. The number of benzene rings is 2. The summed E-state index contributed by atoms with van der Waals surface area (Å²) in [6, 6.07) is 19.5. The van der Waals surface area contributed by atoms with E-state index in [0.717, 1.165) is 11.1 Å². The Morgan fingerprint density at radius 2 is 1.19 bits per heavy atom. The Morgan fingerprint density at radius 3 is 1.50 bits per heavy atom. The molecule has 2 rings (SSSR count). The van der Waals surface area contributed by atoms with Crippen LogP contribution in [0.15, 0.2) is 60.7 Å². The van der Waals surface area contributed by atoms with Crippen LogP contribution in [0.3, 0.4) is 0 Å². The van der Waals surface area contributed by atoms with Crippen LogP contribution in [-0.2, 0) is 10.2 Å². The van der Waals surface area contributed by atoms with E-state index in [1.165, 1.54) is 0 Å². The quantitative estimate of drug-likeness (QED) is 0.759. The van der Waals surface area contributed by atoms with Crippen LogP contribution in [-0.4, -0.2) is 6.29 Å². The average Bonchev–Trinajstić information content (AvgIpc) is 2.40. The Hall–Kier alpha value is -1.89. The van der Waals surface area contributed by atoms with Gasteiger partial charge in [0.1, 0.15) is 0 Å². The van der Waals surface area contributed by atoms with Crippen molar-refractivity contribution in [3.8, 4) is 0 Å². The first-order valence-corrected chi connectivity index (χ1v) is 5.28. The number of hydrogen-bond acceptors (Lipinski definition) is 1. The highest BCUT2D eigenvalue weighted by atomic mass is 16.1. The first-order valence-electron chi connectivity index (χ1n) is 5.28. The van der Waals surface area contributed by atoms with Gasteiger partial charge in [-0.05, 0) is 18.1 Å². The van der Waals surface area contributed by atoms with Crippen molar-refractivity contribution < 1.29 is 4.79 Å². The van der Waals surface area contributed by atoms with Gasteiger partial charge in [0.15, 0.2) is 0 Å². The summed E-state index contributed by atoms with van der Waals surface area (Å²) in [4.78, 5) is 11.3. The Balaban J connectivity index is 2.53. The molecule has 0 unspecified atom stereocenters. The Kier molecular flexibility index (Phi) is 2.86. The van der Waals surface area contributed by atoms with Crippen LogP contribution in [0.2, 0.25) is 0 Å². The van der Waals surface area contributed by atoms with Gasteiger partial charge in [-0.3, -0.25) is 4.79 Å². The van der Waals surface area contributed by atoms with Gasteiger partial charge in [-0.1, -0.05) is 60.7 Å². The van der Waals surface area contributed by atoms with Crippen molar-refractivity contribution in [2.75, 3.05) is 0 Å². The lowest BCUT2D eigenvalue weighted by Gasteiger charge is -2.23. The molecule has 0 amide bonds. The van der Waals surface area contributed by atoms with E-state index in [-0.39, 0.29) is 0 Å². The van der Waals surface area contributed by atoms with E-state index in [2.05, 4.69) is 6.29 Å². The molecule has 0 bridgehead atoms. The molecule has 0 atom stereocenters. The summed E-state index contributed by atoms with van der Waals surface area (Å²) < 4.78 is 0. The molecule has 2 aromatic rings. The molecule has 0 fully saturated rings. The molecular formula is C15H13O. The van der Waals surface area contributed by atoms with Gasteiger partial charge >= 0.3 is 0 Å². The van der Waals surface area contributed by atoms with Crippen LogP contribution in [0.4, 0.5) is 0 Å². The highest BCUT2D eigenvalue weighted by Crippen LogP contribution is 2.29. The molecule has 0 heterocycles. The number of rotatable bonds is 3. The van der Waals surface area contributed by atoms with Crippen LogP contribution >= 0.6 is 0 Å². The topological polar surface area (TPSA) is 17.1 Å². The normalized spacial score (nSPS) is 11.1. The second-order valence-electron chi connectivity index (χ2n) is 3.96. The molecule has 2 aromatic carbocycles. The summed E-state index contributed by atoms with van der Waals surface area (Å²) in [5, 5.41) is 0. The van der Waals surface area contributed by atoms with Gasteiger partial charge in [0, 0.05) is 0 Å². The molecule has 0 aliphatic rings. The molecular weight excluding hydrogens is 196 g/mol. The van der Waals surface area contributed by atoms with Crippen molar-refractivity contribution in [3.05, 3.63) is 71.8 Å². The smallest absolute Gasteiger partial charge is 0.214 e. The first kappa shape index (κ1) is 10.6. The van der Waals surface area contributed by atoms with Crippen LogP contribution in [0, 0.1) is 0 Å². The van der Waals surface area contributed by atoms with Gasteiger partial charge in [0.05, 0.1) is 5.41 Å². The zero-order chi connectivity index (χ0) is 11.4. The summed E-state index contributed by atoms with van der Waals surface area (Å²) in [6.07, 6.45) is 2.16. The molecule has 0 aliphatic heterocycles. The third-order valence-electron chi connectivity index (χ3n) is 2.91. The van der Waals surface area contributed by atoms with Gasteiger partial charge in [0.25, 0.3) is 0 Å². The lowest BCUT2D eigenvalue weighted by atomic mass is 9.78. The van der Waals surface area contributed by atoms with Gasteiger partial charge in [0.2, 0.25) is 6.29 Å². The third kappa shape index (κ3) is 1.76. The van der Waals surface area contributed by atoms with Crippen LogP contribution in [0.25, 0.3) is 0 Å². The lowest BCUT2D eigenvalue weighted by Crippen LogP contribution is -2.25. The monoisotopic (exact) mass is 209 g/mol. The van der Waals surface area contributed by atoms with Crippen molar-refractivity contribution >= 4 is 6.29 Å². The van der Waals surface area contributed by atoms with Crippen molar-refractivity contribution in [1.82, 2.24) is 0 Å². The molecule has 0 N–H and O–H groups in total. The zero-order valence-electron chi connectivity index (χ0n) is 9.18. The van der Waals surface area contributed by atoms with Gasteiger partial charge in [-0.2, -0.15) is 0 Å². The molecule has 0 spiro atoms. The van der Waals surface area contributed by atoms with Gasteiger partial charge in [-0.25, -0.2) is 0 Å². The van der Waals surface area contributed by atoms with Crippen molar-refractivity contribution in [3.63, 3.8) is 0 Å². The second kappa shape index (κ2) is 4.31. The van der Waals surface area contributed by atoms with Crippen molar-refractivity contribution in [2.45, 2.75) is 12.3 Å². The maximum absolute atomic E-state index is 11.3. The van der Waals surface area contributed by atoms with E-state index in [0.29, 0.717) is 0 Å². The Bertz CT molecular complexity index is 420. The first-order chi connectivity index (χ1) is 7.77. The maximum Gasteiger partial charge on any atom is 0.214 e. The Morgan fingerprint density at radius 1 is 0.812 bits per heavy atom. The summed E-state index contributed by atoms with van der Waals surface area (Å²) >= 11 is 0. The van der Waals surface area contributed by atoms with E-state index in [1.807, 2.05) is 67.6 Å². The van der Waals surface area contributed by atoms with E-state index in [4.69, 9.17) is 0 Å². The van der Waals surface area contributed by atoms with Crippen LogP contribution in [0.1, 0.15) is 18.1 Å². The SMILES string of the molecule is CC([C]=O)(c1ccccc1)c1ccccc1. The van der Waals surface area contributed by atoms with Crippen LogP contribution < -0.4 is 0 Å². The van der Waals surface area contributed by atoms with Crippen molar-refractivity contribution in [2.24, 2.45) is 0 Å². The largest absolute Gasteiger partial charge is 0.289 e. The highest BCUT2D eigenvalue weighted by Gasteiger charge is 2.28. The zero-order valence-corrected chi connectivity index (χ0v) is 9.18. The summed E-state index contributed by atoms with van der Waals surface area (Å²) in [5.74, 6) is 0. The molecule has 79 valence electrons. The minimum atomic E-state index is -0.678. The highest BCUT2D eigenvalue weighted by molar-refractivity contribution is 5.74. The fourth-order valence-corrected chi connectivity index (χ4v) is 1.83.